The van der Waals surface area contributed by atoms with Gasteiger partial charge in [-0.15, -0.1) is 23.5 Å². The molecule has 138 valence electrons. The maximum absolute atomic E-state index is 12.1. The van der Waals surface area contributed by atoms with Crippen LogP contribution >= 0.6 is 35.7 Å². The number of thioether (sulfide) groups is 2. The lowest BCUT2D eigenvalue weighted by atomic mass is 10.2. The number of aryl methyl sites for hydroxylation is 1. The van der Waals surface area contributed by atoms with Gasteiger partial charge in [0.1, 0.15) is 10.8 Å². The molecule has 0 heterocycles. The van der Waals surface area contributed by atoms with E-state index in [9.17, 15) is 9.59 Å². The van der Waals surface area contributed by atoms with Crippen LogP contribution < -0.4 is 4.74 Å². The number of ether oxygens (including phenoxy) is 1. The Bertz CT molecular complexity index is 655. The Morgan fingerprint density at radius 3 is 2.32 bits per heavy atom. The molecule has 0 saturated heterocycles. The van der Waals surface area contributed by atoms with Crippen molar-refractivity contribution in [1.29, 1.82) is 0 Å². The predicted octanol–water partition coefficient (Wildman–Crippen LogP) is 4.48. The molecule has 0 aliphatic rings. The van der Waals surface area contributed by atoms with Crippen molar-refractivity contribution in [2.45, 2.75) is 18.7 Å². The molecule has 25 heavy (non-hydrogen) atoms. The molecule has 0 atom stereocenters. The summed E-state index contributed by atoms with van der Waals surface area (Å²) < 4.78 is 7.62. The zero-order valence-corrected chi connectivity index (χ0v) is 17.4. The fraction of sp³-hybridized carbons (Fsp3) is 0.400. The Hall–Kier alpha value is -1.52. The maximum atomic E-state index is 12.1. The average molecular weight is 404 g/mol. The van der Waals surface area contributed by atoms with Crippen LogP contribution in [0.3, 0.4) is 0 Å². The molecule has 10 heteroatoms. The Kier molecular flexibility index (Phi) is 9.01. The van der Waals surface area contributed by atoms with Crippen LogP contribution in [0.1, 0.15) is 12.5 Å². The highest BCUT2D eigenvalue weighted by atomic mass is 32.2. The highest BCUT2D eigenvalue weighted by Crippen LogP contribution is 2.25. The van der Waals surface area contributed by atoms with E-state index in [1.165, 1.54) is 30.2 Å². The molecule has 0 fully saturated rings. The van der Waals surface area contributed by atoms with Gasteiger partial charge in [0, 0.05) is 19.0 Å². The molecule has 0 aromatic heterocycles. The first-order valence-electron chi connectivity index (χ1n) is 7.10. The van der Waals surface area contributed by atoms with Crippen LogP contribution in [0.15, 0.2) is 28.3 Å². The average Bonchev–Trinajstić information content (AvgIpc) is 2.59. The second-order valence-electron chi connectivity index (χ2n) is 4.75. The third-order valence-corrected chi connectivity index (χ3v) is 5.23. The van der Waals surface area contributed by atoms with Crippen molar-refractivity contribution in [2.75, 3.05) is 26.6 Å². The molecule has 1 aromatic carbocycles. The van der Waals surface area contributed by atoms with Gasteiger partial charge in [-0.2, -0.15) is 0 Å². The van der Waals surface area contributed by atoms with Crippen molar-refractivity contribution >= 4 is 52.9 Å². The Morgan fingerprint density at radius 1 is 1.12 bits per heavy atom. The number of nitrogens with zero attached hydrogens (tertiary/aromatic N) is 3. The summed E-state index contributed by atoms with van der Waals surface area (Å²) in [6.07, 6.45) is 2.50. The molecule has 0 bridgehead atoms. The molecule has 2 amide bonds. The van der Waals surface area contributed by atoms with E-state index < -0.39 is 12.2 Å². The van der Waals surface area contributed by atoms with Gasteiger partial charge in [0.05, 0.1) is 12.1 Å². The molecule has 0 radical (unpaired) electrons. The van der Waals surface area contributed by atoms with E-state index in [1.807, 2.05) is 25.5 Å². The van der Waals surface area contributed by atoms with Crippen LogP contribution in [-0.4, -0.2) is 52.4 Å². The van der Waals surface area contributed by atoms with Crippen LogP contribution in [0, 0.1) is 6.92 Å². The zero-order valence-electron chi connectivity index (χ0n) is 14.9. The fourth-order valence-corrected chi connectivity index (χ4v) is 2.80. The Labute approximate surface area is 160 Å². The van der Waals surface area contributed by atoms with Gasteiger partial charge in [0.25, 0.3) is 0 Å². The van der Waals surface area contributed by atoms with E-state index in [0.29, 0.717) is 10.8 Å². The van der Waals surface area contributed by atoms with E-state index in [0.717, 1.165) is 26.9 Å². The molecule has 0 spiro atoms. The van der Waals surface area contributed by atoms with E-state index in [4.69, 9.17) is 9.57 Å². The quantitative estimate of drug-likeness (QED) is 0.179. The predicted molar refractivity (Wildman–Crippen MR) is 105 cm³/mol. The minimum Gasteiger partial charge on any atom is -0.410 e. The monoisotopic (exact) mass is 403 g/mol. The number of carbonyl (C=O) groups is 2. The topological polar surface area (TPSA) is 71.4 Å². The molecule has 0 aliphatic heterocycles. The van der Waals surface area contributed by atoms with Gasteiger partial charge in [0.2, 0.25) is 0 Å². The molecule has 1 rings (SSSR count). The van der Waals surface area contributed by atoms with E-state index in [-0.39, 0.29) is 0 Å². The first-order valence-corrected chi connectivity index (χ1v) is 10.3. The largest absolute Gasteiger partial charge is 0.447 e. The van der Waals surface area contributed by atoms with Crippen LogP contribution in [0.2, 0.25) is 0 Å². The summed E-state index contributed by atoms with van der Waals surface area (Å²) in [5.41, 5.74) is 1.02. The van der Waals surface area contributed by atoms with Crippen molar-refractivity contribution in [3.63, 3.8) is 0 Å². The third kappa shape index (κ3) is 7.09. The van der Waals surface area contributed by atoms with Crippen LogP contribution in [0.25, 0.3) is 0 Å². The molecule has 0 aliphatic carbocycles. The maximum Gasteiger partial charge on any atom is 0.447 e. The lowest BCUT2D eigenvalue weighted by Gasteiger charge is -2.20. The minimum absolute atomic E-state index is 0.443. The summed E-state index contributed by atoms with van der Waals surface area (Å²) in [6.45, 7) is 3.67. The van der Waals surface area contributed by atoms with Gasteiger partial charge in [-0.05, 0) is 50.1 Å². The summed E-state index contributed by atoms with van der Waals surface area (Å²) in [6, 6.07) is 5.42. The Balaban J connectivity index is 2.58. The number of carbonyl (C=O) groups excluding carboxylic acids is 2. The number of hydrogen-bond acceptors (Lipinski definition) is 8. The van der Waals surface area contributed by atoms with Crippen LogP contribution in [0.5, 0.6) is 5.75 Å². The van der Waals surface area contributed by atoms with Crippen molar-refractivity contribution in [3.05, 3.63) is 23.8 Å². The molecule has 1 aromatic rings. The van der Waals surface area contributed by atoms with Gasteiger partial charge < -0.3 is 4.74 Å². The number of amides is 2. The van der Waals surface area contributed by atoms with Gasteiger partial charge in [-0.1, -0.05) is 5.16 Å². The Morgan fingerprint density at radius 2 is 1.76 bits per heavy atom. The zero-order chi connectivity index (χ0) is 19.0. The van der Waals surface area contributed by atoms with Crippen LogP contribution in [0.4, 0.5) is 9.59 Å². The lowest BCUT2D eigenvalue weighted by Crippen LogP contribution is -2.30. The van der Waals surface area contributed by atoms with Gasteiger partial charge in [-0.3, -0.25) is 4.84 Å². The van der Waals surface area contributed by atoms with Crippen molar-refractivity contribution in [2.24, 2.45) is 5.16 Å². The SMILES string of the molecule is CS/C(C)=N\OC(=O)N(C)SN(C)C(=O)Oc1ccc(SC)c(C)c1. The molecule has 0 saturated carbocycles. The third-order valence-electron chi connectivity index (χ3n) is 2.88. The summed E-state index contributed by atoms with van der Waals surface area (Å²) in [4.78, 5) is 29.8. The standard InChI is InChI=1S/C15H21N3O4S3/c1-10-9-12(7-8-13(10)24-6)21-14(19)17(3)25-18(4)15(20)22-16-11(2)23-5/h7-9H,1-6H3/b16-11-. The highest BCUT2D eigenvalue weighted by molar-refractivity contribution is 8.13. The summed E-state index contributed by atoms with van der Waals surface area (Å²) in [5, 5.41) is 4.26. The number of benzene rings is 1. The summed E-state index contributed by atoms with van der Waals surface area (Å²) in [7, 11) is 2.97. The molecular weight excluding hydrogens is 382 g/mol. The van der Waals surface area contributed by atoms with Gasteiger partial charge in [-0.25, -0.2) is 18.2 Å². The van der Waals surface area contributed by atoms with E-state index >= 15 is 0 Å². The normalized spacial score (nSPS) is 11.0. The first-order chi connectivity index (χ1) is 11.8. The summed E-state index contributed by atoms with van der Waals surface area (Å²) >= 11 is 3.83. The van der Waals surface area contributed by atoms with E-state index in [1.54, 1.807) is 30.8 Å². The van der Waals surface area contributed by atoms with E-state index in [2.05, 4.69) is 5.16 Å². The molecular formula is C15H21N3O4S3. The second kappa shape index (κ2) is 10.5. The van der Waals surface area contributed by atoms with Gasteiger partial charge >= 0.3 is 12.2 Å². The minimum atomic E-state index is -0.696. The van der Waals surface area contributed by atoms with Crippen LogP contribution in [-0.2, 0) is 4.84 Å². The fourth-order valence-electron chi connectivity index (χ4n) is 1.53. The molecule has 0 N–H and O–H groups in total. The lowest BCUT2D eigenvalue weighted by molar-refractivity contribution is 0.136. The molecule has 7 nitrogen and oxygen atoms in total. The smallest absolute Gasteiger partial charge is 0.410 e. The van der Waals surface area contributed by atoms with Crippen molar-refractivity contribution in [1.82, 2.24) is 8.61 Å². The second-order valence-corrected chi connectivity index (χ2v) is 7.85. The molecule has 0 unspecified atom stereocenters. The van der Waals surface area contributed by atoms with Crippen molar-refractivity contribution < 1.29 is 19.2 Å². The number of hydrogen-bond donors (Lipinski definition) is 0. The number of rotatable bonds is 5. The van der Waals surface area contributed by atoms with Crippen molar-refractivity contribution in [3.8, 4) is 5.75 Å². The number of oxime groups is 1. The summed E-state index contributed by atoms with van der Waals surface area (Å²) in [5.74, 6) is 0.443. The highest BCUT2D eigenvalue weighted by Gasteiger charge is 2.19. The van der Waals surface area contributed by atoms with Gasteiger partial charge in [0.15, 0.2) is 0 Å². The first kappa shape index (κ1) is 21.5.